The van der Waals surface area contributed by atoms with Gasteiger partial charge in [0.1, 0.15) is 11.6 Å². The Morgan fingerprint density at radius 2 is 2.09 bits per heavy atom. The quantitative estimate of drug-likeness (QED) is 0.618. The fraction of sp³-hybridized carbons (Fsp3) is 0.611. The molecule has 23 heavy (non-hydrogen) atoms. The molecule has 2 aliphatic carbocycles. The predicted molar refractivity (Wildman–Crippen MR) is 88.3 cm³/mol. The summed E-state index contributed by atoms with van der Waals surface area (Å²) in [6.07, 6.45) is 5.25. The Kier molecular flexibility index (Phi) is 4.55. The number of rotatable bonds is 6. The van der Waals surface area contributed by atoms with E-state index in [0.717, 1.165) is 25.1 Å². The molecule has 0 amide bonds. The molecular formula is C18H25F2N3. The van der Waals surface area contributed by atoms with E-state index in [1.807, 2.05) is 13.8 Å². The summed E-state index contributed by atoms with van der Waals surface area (Å²) < 4.78 is 26.9. The largest absolute Gasteiger partial charge is 0.357 e. The highest BCUT2D eigenvalue weighted by molar-refractivity contribution is 5.80. The molecule has 0 radical (unpaired) electrons. The average Bonchev–Trinajstić information content (AvgIpc) is 3.37. The second kappa shape index (κ2) is 6.46. The van der Waals surface area contributed by atoms with E-state index in [1.165, 1.54) is 37.8 Å². The first kappa shape index (κ1) is 16.2. The molecule has 2 saturated carbocycles. The van der Waals surface area contributed by atoms with E-state index >= 15 is 0 Å². The van der Waals surface area contributed by atoms with Crippen LogP contribution < -0.4 is 10.6 Å². The Morgan fingerprint density at radius 3 is 2.65 bits per heavy atom. The Labute approximate surface area is 136 Å². The molecule has 1 atom stereocenters. The number of benzene rings is 1. The van der Waals surface area contributed by atoms with Crippen molar-refractivity contribution in [2.24, 2.45) is 16.3 Å². The van der Waals surface area contributed by atoms with Gasteiger partial charge in [0.05, 0.1) is 6.04 Å². The Bertz CT molecular complexity index is 592. The zero-order chi connectivity index (χ0) is 16.4. The van der Waals surface area contributed by atoms with Gasteiger partial charge in [0.2, 0.25) is 0 Å². The molecule has 0 saturated heterocycles. The van der Waals surface area contributed by atoms with Crippen molar-refractivity contribution in [1.82, 2.24) is 10.6 Å². The van der Waals surface area contributed by atoms with Gasteiger partial charge in [0, 0.05) is 24.7 Å². The molecule has 5 heteroatoms. The van der Waals surface area contributed by atoms with Gasteiger partial charge in [-0.15, -0.1) is 0 Å². The van der Waals surface area contributed by atoms with E-state index in [1.54, 1.807) is 0 Å². The minimum Gasteiger partial charge on any atom is -0.357 e. The van der Waals surface area contributed by atoms with Crippen molar-refractivity contribution in [2.75, 3.05) is 13.1 Å². The van der Waals surface area contributed by atoms with Gasteiger partial charge in [-0.3, -0.25) is 4.99 Å². The molecule has 126 valence electrons. The van der Waals surface area contributed by atoms with Gasteiger partial charge >= 0.3 is 0 Å². The normalized spacial score (nSPS) is 21.0. The lowest BCUT2D eigenvalue weighted by Crippen LogP contribution is -2.39. The highest BCUT2D eigenvalue weighted by Crippen LogP contribution is 2.61. The van der Waals surface area contributed by atoms with Gasteiger partial charge < -0.3 is 10.6 Å². The molecule has 3 rings (SSSR count). The lowest BCUT2D eigenvalue weighted by atomic mass is 10.0. The first-order valence-electron chi connectivity index (χ1n) is 8.54. The fourth-order valence-corrected chi connectivity index (χ4v) is 3.24. The smallest absolute Gasteiger partial charge is 0.191 e. The molecule has 0 spiro atoms. The van der Waals surface area contributed by atoms with E-state index in [9.17, 15) is 8.78 Å². The molecular weight excluding hydrogens is 296 g/mol. The standard InChI is InChI=1S/C18H25F2N3/c1-3-21-17(22-11-18(8-9-18)13-4-5-13)23-12(2)15-7-6-14(19)10-16(15)20/h6-7,10,12-13H,3-5,8-9,11H2,1-2H3,(H2,21,22,23). The summed E-state index contributed by atoms with van der Waals surface area (Å²) in [5, 5.41) is 6.45. The van der Waals surface area contributed by atoms with Crippen LogP contribution in [0.5, 0.6) is 0 Å². The van der Waals surface area contributed by atoms with Crippen molar-refractivity contribution in [1.29, 1.82) is 0 Å². The predicted octanol–water partition coefficient (Wildman–Crippen LogP) is 3.77. The molecule has 3 nitrogen and oxygen atoms in total. The highest BCUT2D eigenvalue weighted by Gasteiger charge is 2.53. The minimum atomic E-state index is -0.556. The number of guanidine groups is 1. The number of nitrogens with zero attached hydrogens (tertiary/aromatic N) is 1. The van der Waals surface area contributed by atoms with Gasteiger partial charge in [-0.2, -0.15) is 0 Å². The zero-order valence-electron chi connectivity index (χ0n) is 13.8. The molecule has 2 aliphatic rings. The lowest BCUT2D eigenvalue weighted by Gasteiger charge is -2.20. The monoisotopic (exact) mass is 321 g/mol. The van der Waals surface area contributed by atoms with Crippen molar-refractivity contribution in [2.45, 2.75) is 45.6 Å². The van der Waals surface area contributed by atoms with E-state index < -0.39 is 11.6 Å². The van der Waals surface area contributed by atoms with Gasteiger partial charge in [-0.05, 0) is 56.9 Å². The summed E-state index contributed by atoms with van der Waals surface area (Å²) in [6.45, 7) is 5.46. The van der Waals surface area contributed by atoms with Crippen molar-refractivity contribution in [3.05, 3.63) is 35.4 Å². The van der Waals surface area contributed by atoms with Gasteiger partial charge in [0.15, 0.2) is 5.96 Å². The lowest BCUT2D eigenvalue weighted by molar-refractivity contribution is 0.451. The van der Waals surface area contributed by atoms with Crippen LogP contribution in [0, 0.1) is 23.0 Å². The van der Waals surface area contributed by atoms with Gasteiger partial charge in [-0.25, -0.2) is 8.78 Å². The van der Waals surface area contributed by atoms with Crippen LogP contribution >= 0.6 is 0 Å². The maximum Gasteiger partial charge on any atom is 0.191 e. The van der Waals surface area contributed by atoms with Gasteiger partial charge in [-0.1, -0.05) is 6.07 Å². The average molecular weight is 321 g/mol. The molecule has 2 N–H and O–H groups in total. The van der Waals surface area contributed by atoms with Crippen molar-refractivity contribution >= 4 is 5.96 Å². The molecule has 1 aromatic carbocycles. The van der Waals surface area contributed by atoms with E-state index in [-0.39, 0.29) is 6.04 Å². The zero-order valence-corrected chi connectivity index (χ0v) is 13.8. The summed E-state index contributed by atoms with van der Waals surface area (Å²) >= 11 is 0. The Balaban J connectivity index is 1.66. The van der Waals surface area contributed by atoms with Crippen LogP contribution in [0.3, 0.4) is 0 Å². The number of halogens is 2. The summed E-state index contributed by atoms with van der Waals surface area (Å²) in [6, 6.07) is 3.42. The van der Waals surface area contributed by atoms with Crippen molar-refractivity contribution < 1.29 is 8.78 Å². The maximum absolute atomic E-state index is 13.9. The second-order valence-corrected chi connectivity index (χ2v) is 6.86. The topological polar surface area (TPSA) is 36.4 Å². The van der Waals surface area contributed by atoms with Crippen LogP contribution in [-0.2, 0) is 0 Å². The van der Waals surface area contributed by atoms with Crippen molar-refractivity contribution in [3.63, 3.8) is 0 Å². The summed E-state index contributed by atoms with van der Waals surface area (Å²) in [5.41, 5.74) is 0.882. The number of hydrogen-bond acceptors (Lipinski definition) is 1. The maximum atomic E-state index is 13.9. The van der Waals surface area contributed by atoms with Crippen LogP contribution in [-0.4, -0.2) is 19.0 Å². The first-order chi connectivity index (χ1) is 11.0. The summed E-state index contributed by atoms with van der Waals surface area (Å²) in [4.78, 5) is 4.72. The third-order valence-corrected chi connectivity index (χ3v) is 5.01. The number of aliphatic imine (C=N–C) groups is 1. The third-order valence-electron chi connectivity index (χ3n) is 5.01. The highest BCUT2D eigenvalue weighted by atomic mass is 19.1. The molecule has 0 aliphatic heterocycles. The van der Waals surface area contributed by atoms with Gasteiger partial charge in [0.25, 0.3) is 0 Å². The summed E-state index contributed by atoms with van der Waals surface area (Å²) in [7, 11) is 0. The molecule has 1 aromatic rings. The minimum absolute atomic E-state index is 0.274. The molecule has 0 bridgehead atoms. The van der Waals surface area contributed by atoms with Crippen LogP contribution in [0.4, 0.5) is 8.78 Å². The second-order valence-electron chi connectivity index (χ2n) is 6.86. The fourth-order valence-electron chi connectivity index (χ4n) is 3.24. The SMILES string of the molecule is CCNC(=NCC1(C2CC2)CC1)NC(C)c1ccc(F)cc1F. The Hall–Kier alpha value is -1.65. The van der Waals surface area contributed by atoms with Crippen molar-refractivity contribution in [3.8, 4) is 0 Å². The summed E-state index contributed by atoms with van der Waals surface area (Å²) in [5.74, 6) is 0.480. The van der Waals surface area contributed by atoms with E-state index in [4.69, 9.17) is 4.99 Å². The molecule has 0 aromatic heterocycles. The number of nitrogens with one attached hydrogen (secondary N) is 2. The van der Waals surface area contributed by atoms with Crippen LogP contribution in [0.25, 0.3) is 0 Å². The van der Waals surface area contributed by atoms with E-state index in [2.05, 4.69) is 10.6 Å². The van der Waals surface area contributed by atoms with Crippen LogP contribution in [0.15, 0.2) is 23.2 Å². The number of hydrogen-bond donors (Lipinski definition) is 2. The third kappa shape index (κ3) is 3.82. The molecule has 0 heterocycles. The van der Waals surface area contributed by atoms with Crippen LogP contribution in [0.1, 0.15) is 51.1 Å². The van der Waals surface area contributed by atoms with Crippen LogP contribution in [0.2, 0.25) is 0 Å². The Morgan fingerprint density at radius 1 is 1.35 bits per heavy atom. The first-order valence-corrected chi connectivity index (χ1v) is 8.54. The van der Waals surface area contributed by atoms with E-state index in [0.29, 0.717) is 16.9 Å². The molecule has 1 unspecified atom stereocenters. The molecule has 2 fully saturated rings.